The molecule has 1 aromatic carbocycles. The van der Waals surface area contributed by atoms with Crippen molar-refractivity contribution in [3.63, 3.8) is 0 Å². The second-order valence-electron chi connectivity index (χ2n) is 5.49. The van der Waals surface area contributed by atoms with Gasteiger partial charge in [0.2, 0.25) is 0 Å². The highest BCUT2D eigenvalue weighted by molar-refractivity contribution is 6.30. The molecule has 1 aromatic rings. The largest absolute Gasteiger partial charge is 0.491 e. The van der Waals surface area contributed by atoms with Crippen molar-refractivity contribution in [1.29, 1.82) is 0 Å². The predicted octanol–water partition coefficient (Wildman–Crippen LogP) is 3.20. The van der Waals surface area contributed by atoms with E-state index >= 15 is 0 Å². The lowest BCUT2D eigenvalue weighted by molar-refractivity contribution is -0.151. The van der Waals surface area contributed by atoms with Crippen molar-refractivity contribution in [3.05, 3.63) is 29.3 Å². The number of esters is 1. The van der Waals surface area contributed by atoms with Gasteiger partial charge in [0.05, 0.1) is 18.1 Å². The topological polar surface area (TPSA) is 55.8 Å². The summed E-state index contributed by atoms with van der Waals surface area (Å²) in [6.45, 7) is 2.43. The minimum absolute atomic E-state index is 0.0965. The maximum absolute atomic E-state index is 11.7. The molecule has 0 bridgehead atoms. The zero-order chi connectivity index (χ0) is 15.3. The summed E-state index contributed by atoms with van der Waals surface area (Å²) in [4.78, 5) is 11.7. The second kappa shape index (κ2) is 7.14. The first kappa shape index (κ1) is 16.1. The highest BCUT2D eigenvalue weighted by Gasteiger charge is 2.37. The maximum Gasteiger partial charge on any atom is 0.308 e. The molecule has 1 fully saturated rings. The number of carbonyl (C=O) groups excluding carboxylic acids is 1. The minimum Gasteiger partial charge on any atom is -0.491 e. The van der Waals surface area contributed by atoms with Crippen LogP contribution >= 0.6 is 11.6 Å². The third kappa shape index (κ3) is 4.61. The molecule has 21 heavy (non-hydrogen) atoms. The summed E-state index contributed by atoms with van der Waals surface area (Å²) in [5.41, 5.74) is -0.872. The summed E-state index contributed by atoms with van der Waals surface area (Å²) in [7, 11) is 0. The van der Waals surface area contributed by atoms with E-state index in [9.17, 15) is 9.90 Å². The number of carbonyl (C=O) groups is 1. The molecule has 2 rings (SSSR count). The number of benzene rings is 1. The van der Waals surface area contributed by atoms with E-state index in [2.05, 4.69) is 0 Å². The van der Waals surface area contributed by atoms with Gasteiger partial charge >= 0.3 is 5.97 Å². The SMILES string of the molecule is CCOC(=O)C1CCC(O)(COc2ccc(Cl)cc2)CC1. The molecule has 0 heterocycles. The van der Waals surface area contributed by atoms with Gasteiger partial charge < -0.3 is 14.6 Å². The van der Waals surface area contributed by atoms with Crippen molar-refractivity contribution in [3.8, 4) is 5.75 Å². The van der Waals surface area contributed by atoms with Crippen LogP contribution in [0.1, 0.15) is 32.6 Å². The van der Waals surface area contributed by atoms with E-state index in [0.29, 0.717) is 43.1 Å². The van der Waals surface area contributed by atoms with Crippen LogP contribution in [0.5, 0.6) is 5.75 Å². The number of ether oxygens (including phenoxy) is 2. The van der Waals surface area contributed by atoms with Crippen molar-refractivity contribution in [2.75, 3.05) is 13.2 Å². The van der Waals surface area contributed by atoms with Gasteiger partial charge in [0.15, 0.2) is 0 Å². The van der Waals surface area contributed by atoms with Gasteiger partial charge in [-0.05, 0) is 56.9 Å². The summed E-state index contributed by atoms with van der Waals surface area (Å²) in [6, 6.07) is 7.04. The molecule has 0 aliphatic heterocycles. The monoisotopic (exact) mass is 312 g/mol. The van der Waals surface area contributed by atoms with Gasteiger partial charge in [-0.2, -0.15) is 0 Å². The molecule has 0 aromatic heterocycles. The lowest BCUT2D eigenvalue weighted by Gasteiger charge is -2.34. The lowest BCUT2D eigenvalue weighted by Crippen LogP contribution is -2.41. The number of rotatable bonds is 5. The van der Waals surface area contributed by atoms with Crippen LogP contribution in [0.25, 0.3) is 0 Å². The smallest absolute Gasteiger partial charge is 0.308 e. The predicted molar refractivity (Wildman–Crippen MR) is 80.5 cm³/mol. The summed E-state index contributed by atoms with van der Waals surface area (Å²) >= 11 is 5.81. The molecule has 0 saturated heterocycles. The molecule has 5 heteroatoms. The van der Waals surface area contributed by atoms with Crippen molar-refractivity contribution >= 4 is 17.6 Å². The van der Waals surface area contributed by atoms with Gasteiger partial charge in [0, 0.05) is 5.02 Å². The molecule has 1 N–H and O–H groups in total. The first-order valence-corrected chi connectivity index (χ1v) is 7.67. The molecule has 0 spiro atoms. The third-order valence-electron chi connectivity index (χ3n) is 3.86. The summed E-state index contributed by atoms with van der Waals surface area (Å²) < 4.78 is 10.6. The third-order valence-corrected chi connectivity index (χ3v) is 4.11. The van der Waals surface area contributed by atoms with E-state index in [1.807, 2.05) is 0 Å². The van der Waals surface area contributed by atoms with Gasteiger partial charge in [0.1, 0.15) is 12.4 Å². The Morgan fingerprint density at radius 3 is 2.52 bits per heavy atom. The highest BCUT2D eigenvalue weighted by Crippen LogP contribution is 2.33. The number of aliphatic hydroxyl groups is 1. The summed E-state index contributed by atoms with van der Waals surface area (Å²) in [6.07, 6.45) is 2.37. The molecule has 0 radical (unpaired) electrons. The van der Waals surface area contributed by atoms with Gasteiger partial charge in [0.25, 0.3) is 0 Å². The first-order valence-electron chi connectivity index (χ1n) is 7.30. The molecule has 1 aliphatic carbocycles. The summed E-state index contributed by atoms with van der Waals surface area (Å²) in [5.74, 6) is 0.430. The molecule has 0 amide bonds. The van der Waals surface area contributed by atoms with Gasteiger partial charge in [-0.3, -0.25) is 4.79 Å². The molecular weight excluding hydrogens is 292 g/mol. The minimum atomic E-state index is -0.872. The Kier molecular flexibility index (Phi) is 5.48. The Morgan fingerprint density at radius 2 is 1.95 bits per heavy atom. The Labute approximate surface area is 130 Å². The van der Waals surface area contributed by atoms with Crippen LogP contribution in [0.3, 0.4) is 0 Å². The number of halogens is 1. The molecule has 0 unspecified atom stereocenters. The van der Waals surface area contributed by atoms with Crippen LogP contribution in [0, 0.1) is 5.92 Å². The highest BCUT2D eigenvalue weighted by atomic mass is 35.5. The standard InChI is InChI=1S/C16H21ClO4/c1-2-20-15(18)12-7-9-16(19,10-8-12)11-21-14-5-3-13(17)4-6-14/h3-6,12,19H,2,7-11H2,1H3. The first-order chi connectivity index (χ1) is 10.0. The van der Waals surface area contributed by atoms with E-state index in [1.54, 1.807) is 31.2 Å². The Balaban J connectivity index is 1.82. The van der Waals surface area contributed by atoms with Crippen LogP contribution < -0.4 is 4.74 Å². The van der Waals surface area contributed by atoms with Crippen LogP contribution in [-0.4, -0.2) is 29.9 Å². The average Bonchev–Trinajstić information content (AvgIpc) is 2.48. The van der Waals surface area contributed by atoms with E-state index < -0.39 is 5.60 Å². The Morgan fingerprint density at radius 1 is 1.33 bits per heavy atom. The van der Waals surface area contributed by atoms with Crippen LogP contribution in [-0.2, 0) is 9.53 Å². The Hall–Kier alpha value is -1.26. The second-order valence-corrected chi connectivity index (χ2v) is 5.93. The van der Waals surface area contributed by atoms with Gasteiger partial charge in [-0.1, -0.05) is 11.6 Å². The van der Waals surface area contributed by atoms with Crippen LogP contribution in [0.2, 0.25) is 5.02 Å². The molecule has 1 aliphatic rings. The zero-order valence-electron chi connectivity index (χ0n) is 12.2. The number of hydrogen-bond donors (Lipinski definition) is 1. The normalized spacial score (nSPS) is 25.4. The molecule has 4 nitrogen and oxygen atoms in total. The summed E-state index contributed by atoms with van der Waals surface area (Å²) in [5, 5.41) is 11.2. The fraction of sp³-hybridized carbons (Fsp3) is 0.562. The van der Waals surface area contributed by atoms with E-state index in [4.69, 9.17) is 21.1 Å². The zero-order valence-corrected chi connectivity index (χ0v) is 12.9. The lowest BCUT2D eigenvalue weighted by atomic mass is 9.79. The average molecular weight is 313 g/mol. The van der Waals surface area contributed by atoms with E-state index in [0.717, 1.165) is 0 Å². The Bertz CT molecular complexity index is 464. The molecule has 116 valence electrons. The van der Waals surface area contributed by atoms with Crippen molar-refractivity contribution in [2.45, 2.75) is 38.2 Å². The fourth-order valence-corrected chi connectivity index (χ4v) is 2.67. The quantitative estimate of drug-likeness (QED) is 0.848. The van der Waals surface area contributed by atoms with Crippen LogP contribution in [0.15, 0.2) is 24.3 Å². The fourth-order valence-electron chi connectivity index (χ4n) is 2.54. The molecule has 1 saturated carbocycles. The van der Waals surface area contributed by atoms with Crippen molar-refractivity contribution < 1.29 is 19.4 Å². The number of hydrogen-bond acceptors (Lipinski definition) is 4. The van der Waals surface area contributed by atoms with Crippen LogP contribution in [0.4, 0.5) is 0 Å². The van der Waals surface area contributed by atoms with Gasteiger partial charge in [-0.15, -0.1) is 0 Å². The maximum atomic E-state index is 11.7. The van der Waals surface area contributed by atoms with Crippen molar-refractivity contribution in [1.82, 2.24) is 0 Å². The van der Waals surface area contributed by atoms with Crippen molar-refractivity contribution in [2.24, 2.45) is 5.92 Å². The molecular formula is C16H21ClO4. The van der Waals surface area contributed by atoms with E-state index in [-0.39, 0.29) is 18.5 Å². The van der Waals surface area contributed by atoms with E-state index in [1.165, 1.54) is 0 Å². The van der Waals surface area contributed by atoms with Gasteiger partial charge in [-0.25, -0.2) is 0 Å². The molecule has 0 atom stereocenters.